The van der Waals surface area contributed by atoms with Crippen molar-refractivity contribution in [3.8, 4) is 5.75 Å². The second-order valence-corrected chi connectivity index (χ2v) is 9.50. The number of nitrogens with one attached hydrogen (secondary N) is 1. The third-order valence-electron chi connectivity index (χ3n) is 4.10. The molecule has 0 heterocycles. The Kier molecular flexibility index (Phi) is 7.80. The van der Waals surface area contributed by atoms with Crippen LogP contribution in [-0.4, -0.2) is 39.8 Å². The number of ether oxygens (including phenoxy) is 1. The van der Waals surface area contributed by atoms with E-state index in [0.717, 1.165) is 21.7 Å². The number of amides is 1. The van der Waals surface area contributed by atoms with E-state index >= 15 is 0 Å². The number of hydrogen-bond donors (Lipinski definition) is 1. The molecule has 9 heteroatoms. The zero-order valence-corrected chi connectivity index (χ0v) is 19.0. The largest absolute Gasteiger partial charge is 0.492 e. The van der Waals surface area contributed by atoms with Crippen LogP contribution in [0.3, 0.4) is 0 Å². The number of halogens is 2. The van der Waals surface area contributed by atoms with E-state index in [2.05, 4.69) is 5.32 Å². The van der Waals surface area contributed by atoms with Gasteiger partial charge in [0.2, 0.25) is 15.9 Å². The highest BCUT2D eigenvalue weighted by Crippen LogP contribution is 2.32. The number of anilines is 1. The van der Waals surface area contributed by atoms with Crippen LogP contribution in [0.5, 0.6) is 5.75 Å². The zero-order chi connectivity index (χ0) is 21.8. The summed E-state index contributed by atoms with van der Waals surface area (Å²) in [6.07, 6.45) is 1.01. The molecule has 2 aromatic rings. The topological polar surface area (TPSA) is 75.7 Å². The predicted octanol–water partition coefficient (Wildman–Crippen LogP) is 3.96. The van der Waals surface area contributed by atoms with Crippen LogP contribution in [-0.2, 0) is 14.8 Å². The van der Waals surface area contributed by atoms with E-state index in [-0.39, 0.29) is 23.9 Å². The lowest BCUT2D eigenvalue weighted by molar-refractivity contribution is -0.121. The first-order chi connectivity index (χ1) is 13.5. The molecule has 0 radical (unpaired) electrons. The molecule has 0 spiro atoms. The van der Waals surface area contributed by atoms with Gasteiger partial charge >= 0.3 is 0 Å². The fourth-order valence-corrected chi connectivity index (χ4v) is 4.55. The molecule has 2 aromatic carbocycles. The third-order valence-corrected chi connectivity index (χ3v) is 5.88. The normalized spacial score (nSPS) is 12.3. The number of nitrogens with zero attached hydrogens (tertiary/aromatic N) is 1. The van der Waals surface area contributed by atoms with Crippen molar-refractivity contribution in [2.24, 2.45) is 0 Å². The molecule has 1 amide bonds. The smallest absolute Gasteiger partial charge is 0.243 e. The van der Waals surface area contributed by atoms with E-state index in [0.29, 0.717) is 10.8 Å². The number of benzene rings is 2. The fourth-order valence-electron chi connectivity index (χ4n) is 2.94. The molecule has 0 saturated carbocycles. The maximum atomic E-state index is 12.6. The number of aryl methyl sites for hydroxylation is 2. The number of carbonyl (C=O) groups is 1. The Morgan fingerprint density at radius 1 is 1.14 bits per heavy atom. The molecule has 2 rings (SSSR count). The maximum Gasteiger partial charge on any atom is 0.243 e. The van der Waals surface area contributed by atoms with Crippen molar-refractivity contribution in [3.63, 3.8) is 0 Å². The van der Waals surface area contributed by atoms with Gasteiger partial charge in [-0.25, -0.2) is 8.42 Å². The molecule has 1 atom stereocenters. The lowest BCUT2D eigenvalue weighted by atomic mass is 10.1. The Balaban J connectivity index is 2.05. The van der Waals surface area contributed by atoms with Crippen molar-refractivity contribution in [1.29, 1.82) is 0 Å². The number of rotatable bonds is 8. The van der Waals surface area contributed by atoms with Crippen molar-refractivity contribution in [2.45, 2.75) is 26.8 Å². The molecule has 0 aliphatic carbocycles. The summed E-state index contributed by atoms with van der Waals surface area (Å²) in [7, 11) is -3.79. The maximum absolute atomic E-state index is 12.6. The zero-order valence-electron chi connectivity index (χ0n) is 16.7. The summed E-state index contributed by atoms with van der Waals surface area (Å²) in [5.74, 6) is 0.240. The standard InChI is InChI=1S/C20H24Cl2N2O4S/c1-13-9-14(2)11-17(10-13)28-8-7-23-20(25)15(3)24(29(4,26)27)19-12-16(21)5-6-18(19)22/h5-6,9-12,15H,7-8H2,1-4H3,(H,23,25). The van der Waals surface area contributed by atoms with E-state index in [1.54, 1.807) is 6.07 Å². The van der Waals surface area contributed by atoms with Gasteiger partial charge in [-0.2, -0.15) is 0 Å². The van der Waals surface area contributed by atoms with Gasteiger partial charge in [0.05, 0.1) is 23.5 Å². The number of sulfonamides is 1. The highest BCUT2D eigenvalue weighted by Gasteiger charge is 2.30. The Bertz CT molecular complexity index is 976. The Labute approximate surface area is 181 Å². The first-order valence-corrected chi connectivity index (χ1v) is 11.5. The Morgan fingerprint density at radius 3 is 2.34 bits per heavy atom. The monoisotopic (exact) mass is 458 g/mol. The highest BCUT2D eigenvalue weighted by atomic mass is 35.5. The number of carbonyl (C=O) groups excluding carboxylic acids is 1. The van der Waals surface area contributed by atoms with Gasteiger partial charge in [-0.05, 0) is 62.2 Å². The SMILES string of the molecule is Cc1cc(C)cc(OCCNC(=O)C(C)N(c2cc(Cl)ccc2Cl)S(C)(=O)=O)c1. The van der Waals surface area contributed by atoms with Crippen molar-refractivity contribution < 1.29 is 17.9 Å². The summed E-state index contributed by atoms with van der Waals surface area (Å²) in [4.78, 5) is 12.6. The average molecular weight is 459 g/mol. The van der Waals surface area contributed by atoms with Crippen molar-refractivity contribution in [1.82, 2.24) is 5.32 Å². The van der Waals surface area contributed by atoms with Crippen LogP contribution in [0.15, 0.2) is 36.4 Å². The minimum absolute atomic E-state index is 0.149. The van der Waals surface area contributed by atoms with Gasteiger partial charge < -0.3 is 10.1 Å². The molecule has 0 saturated heterocycles. The van der Waals surface area contributed by atoms with Crippen LogP contribution in [0.25, 0.3) is 0 Å². The van der Waals surface area contributed by atoms with E-state index in [1.807, 2.05) is 32.0 Å². The van der Waals surface area contributed by atoms with Gasteiger partial charge in [0.15, 0.2) is 0 Å². The summed E-state index contributed by atoms with van der Waals surface area (Å²) in [5.41, 5.74) is 2.32. The molecule has 0 bridgehead atoms. The van der Waals surface area contributed by atoms with E-state index in [1.165, 1.54) is 19.1 Å². The van der Waals surface area contributed by atoms with Gasteiger partial charge in [0.1, 0.15) is 18.4 Å². The van der Waals surface area contributed by atoms with Crippen LogP contribution >= 0.6 is 23.2 Å². The molecule has 1 unspecified atom stereocenters. The summed E-state index contributed by atoms with van der Waals surface area (Å²) in [5, 5.41) is 3.18. The van der Waals surface area contributed by atoms with Crippen LogP contribution in [0.4, 0.5) is 5.69 Å². The minimum Gasteiger partial charge on any atom is -0.492 e. The Morgan fingerprint density at radius 2 is 1.76 bits per heavy atom. The minimum atomic E-state index is -3.79. The number of hydrogen-bond acceptors (Lipinski definition) is 4. The van der Waals surface area contributed by atoms with Crippen LogP contribution in [0.2, 0.25) is 10.0 Å². The van der Waals surface area contributed by atoms with E-state index in [4.69, 9.17) is 27.9 Å². The molecule has 0 fully saturated rings. The fraction of sp³-hybridized carbons (Fsp3) is 0.350. The molecule has 0 aliphatic rings. The summed E-state index contributed by atoms with van der Waals surface area (Å²) in [6, 6.07) is 9.27. The average Bonchev–Trinajstić information content (AvgIpc) is 2.59. The van der Waals surface area contributed by atoms with E-state index < -0.39 is 22.0 Å². The lowest BCUT2D eigenvalue weighted by Crippen LogP contribution is -2.48. The second-order valence-electron chi connectivity index (χ2n) is 6.79. The summed E-state index contributed by atoms with van der Waals surface area (Å²) < 4.78 is 31.3. The first-order valence-electron chi connectivity index (χ1n) is 8.92. The van der Waals surface area contributed by atoms with Crippen LogP contribution in [0.1, 0.15) is 18.1 Å². The second kappa shape index (κ2) is 9.69. The molecule has 6 nitrogen and oxygen atoms in total. The van der Waals surface area contributed by atoms with Gasteiger partial charge in [0, 0.05) is 5.02 Å². The molecule has 1 N–H and O–H groups in total. The van der Waals surface area contributed by atoms with Crippen LogP contribution < -0.4 is 14.4 Å². The molecule has 0 aliphatic heterocycles. The predicted molar refractivity (Wildman–Crippen MR) is 118 cm³/mol. The Hall–Kier alpha value is -1.96. The van der Waals surface area contributed by atoms with Gasteiger partial charge in [-0.1, -0.05) is 29.3 Å². The van der Waals surface area contributed by atoms with Crippen molar-refractivity contribution in [3.05, 3.63) is 57.6 Å². The third kappa shape index (κ3) is 6.52. The van der Waals surface area contributed by atoms with Gasteiger partial charge in [0.25, 0.3) is 0 Å². The van der Waals surface area contributed by atoms with Crippen molar-refractivity contribution >= 4 is 44.8 Å². The van der Waals surface area contributed by atoms with Gasteiger partial charge in [-0.15, -0.1) is 0 Å². The quantitative estimate of drug-likeness (QED) is 0.607. The molecule has 0 aromatic heterocycles. The highest BCUT2D eigenvalue weighted by molar-refractivity contribution is 7.92. The van der Waals surface area contributed by atoms with Crippen molar-refractivity contribution in [2.75, 3.05) is 23.7 Å². The van der Waals surface area contributed by atoms with Gasteiger partial charge in [-0.3, -0.25) is 9.10 Å². The molecular formula is C20H24Cl2N2O4S. The van der Waals surface area contributed by atoms with Crippen LogP contribution in [0, 0.1) is 13.8 Å². The van der Waals surface area contributed by atoms with E-state index in [9.17, 15) is 13.2 Å². The first kappa shape index (κ1) is 23.3. The lowest BCUT2D eigenvalue weighted by Gasteiger charge is -2.29. The molecular weight excluding hydrogens is 435 g/mol. The summed E-state index contributed by atoms with van der Waals surface area (Å²) >= 11 is 12.1. The molecule has 158 valence electrons. The summed E-state index contributed by atoms with van der Waals surface area (Å²) in [6.45, 7) is 5.90. The molecule has 29 heavy (non-hydrogen) atoms.